The molecule has 0 unspecified atom stereocenters. The first-order valence-electron chi connectivity index (χ1n) is 9.70. The second-order valence-corrected chi connectivity index (χ2v) is 8.24. The largest absolute Gasteiger partial charge is 0.322 e. The lowest BCUT2D eigenvalue weighted by Crippen LogP contribution is -3.28. The fourth-order valence-electron chi connectivity index (χ4n) is 3.91. The van der Waals surface area contributed by atoms with Crippen molar-refractivity contribution in [2.24, 2.45) is 0 Å². The van der Waals surface area contributed by atoms with Gasteiger partial charge in [0.2, 0.25) is 0 Å². The predicted octanol–water partition coefficient (Wildman–Crippen LogP) is 1.19. The number of quaternary nitrogens is 2. The molecule has 0 aromatic heterocycles. The highest BCUT2D eigenvalue weighted by atomic mass is 35.5. The summed E-state index contributed by atoms with van der Waals surface area (Å²) in [5.74, 6) is 0.0426. The van der Waals surface area contributed by atoms with Crippen molar-refractivity contribution in [1.82, 2.24) is 0 Å². The molecule has 0 spiro atoms. The van der Waals surface area contributed by atoms with E-state index in [0.29, 0.717) is 11.6 Å². The van der Waals surface area contributed by atoms with Crippen LogP contribution in [0.15, 0.2) is 36.4 Å². The highest BCUT2D eigenvalue weighted by molar-refractivity contribution is 6.34. The van der Waals surface area contributed by atoms with Gasteiger partial charge in [0, 0.05) is 5.56 Å². The van der Waals surface area contributed by atoms with Crippen molar-refractivity contribution in [3.63, 3.8) is 0 Å². The number of hydrogen-bond donors (Lipinski definition) is 3. The molecule has 0 aliphatic carbocycles. The van der Waals surface area contributed by atoms with Crippen LogP contribution in [0.4, 0.5) is 5.69 Å². The van der Waals surface area contributed by atoms with E-state index < -0.39 is 0 Å². The lowest BCUT2D eigenvalue weighted by Gasteiger charge is -2.29. The molecule has 1 aliphatic heterocycles. The van der Waals surface area contributed by atoms with E-state index in [0.717, 1.165) is 49.5 Å². The third-order valence-electron chi connectivity index (χ3n) is 5.31. The Morgan fingerprint density at radius 3 is 2.37 bits per heavy atom. The van der Waals surface area contributed by atoms with Crippen LogP contribution in [-0.2, 0) is 11.3 Å². The van der Waals surface area contributed by atoms with Crippen molar-refractivity contribution in [2.75, 3.05) is 38.0 Å². The molecule has 3 N–H and O–H groups in total. The summed E-state index contributed by atoms with van der Waals surface area (Å²) in [5, 5.41) is 3.63. The van der Waals surface area contributed by atoms with Crippen molar-refractivity contribution in [1.29, 1.82) is 0 Å². The zero-order valence-corrected chi connectivity index (χ0v) is 17.2. The van der Waals surface area contributed by atoms with Gasteiger partial charge in [0.05, 0.1) is 10.7 Å². The third kappa shape index (κ3) is 5.55. The molecule has 1 fully saturated rings. The van der Waals surface area contributed by atoms with Crippen molar-refractivity contribution in [3.8, 4) is 0 Å². The quantitative estimate of drug-likeness (QED) is 0.708. The minimum atomic E-state index is 0.0426. The lowest BCUT2D eigenvalue weighted by molar-refractivity contribution is -1.02. The molecule has 4 nitrogen and oxygen atoms in total. The Hall–Kier alpha value is -1.88. The summed E-state index contributed by atoms with van der Waals surface area (Å²) in [6, 6.07) is 12.7. The standard InChI is InChI=1S/C22H28ClN3O/c1-16-5-4-6-19(12-16)14-25-7-9-26(10-8-25)15-21(27)24-22-18(3)11-17(2)13-20(22)23/h4-6,11-13H,7-10,14-15H2,1-3H3,(H,24,27)/p+2. The number of rotatable bonds is 5. The van der Waals surface area contributed by atoms with E-state index >= 15 is 0 Å². The van der Waals surface area contributed by atoms with Crippen molar-refractivity contribution >= 4 is 23.2 Å². The predicted molar refractivity (Wildman–Crippen MR) is 111 cm³/mol. The van der Waals surface area contributed by atoms with Gasteiger partial charge in [0.25, 0.3) is 5.91 Å². The van der Waals surface area contributed by atoms with Gasteiger partial charge in [-0.3, -0.25) is 4.79 Å². The molecule has 2 aromatic rings. The van der Waals surface area contributed by atoms with Crippen molar-refractivity contribution in [2.45, 2.75) is 27.3 Å². The first-order valence-corrected chi connectivity index (χ1v) is 10.1. The fraction of sp³-hybridized carbons (Fsp3) is 0.409. The number of piperazine rings is 1. The van der Waals surface area contributed by atoms with Gasteiger partial charge in [0.1, 0.15) is 32.7 Å². The van der Waals surface area contributed by atoms with Gasteiger partial charge in [-0.25, -0.2) is 0 Å². The van der Waals surface area contributed by atoms with Gasteiger partial charge in [-0.15, -0.1) is 0 Å². The summed E-state index contributed by atoms with van der Waals surface area (Å²) in [6.45, 7) is 11.9. The van der Waals surface area contributed by atoms with E-state index in [1.165, 1.54) is 16.0 Å². The van der Waals surface area contributed by atoms with Gasteiger partial charge >= 0.3 is 0 Å². The molecule has 1 saturated heterocycles. The minimum Gasteiger partial charge on any atom is -0.322 e. The van der Waals surface area contributed by atoms with Crippen LogP contribution in [-0.4, -0.2) is 38.6 Å². The first-order chi connectivity index (χ1) is 12.9. The number of nitrogens with one attached hydrogen (secondary N) is 3. The highest BCUT2D eigenvalue weighted by Gasteiger charge is 2.25. The topological polar surface area (TPSA) is 38.0 Å². The van der Waals surface area contributed by atoms with Crippen molar-refractivity contribution < 1.29 is 14.6 Å². The summed E-state index contributed by atoms with van der Waals surface area (Å²) < 4.78 is 0. The average Bonchev–Trinajstić information content (AvgIpc) is 2.60. The Morgan fingerprint density at radius 2 is 1.70 bits per heavy atom. The van der Waals surface area contributed by atoms with E-state index in [1.807, 2.05) is 26.0 Å². The molecule has 27 heavy (non-hydrogen) atoms. The van der Waals surface area contributed by atoms with Crippen LogP contribution in [0.2, 0.25) is 5.02 Å². The molecule has 1 amide bonds. The number of aryl methyl sites for hydroxylation is 3. The van der Waals surface area contributed by atoms with E-state index in [1.54, 1.807) is 4.90 Å². The molecule has 144 valence electrons. The molecule has 2 aromatic carbocycles. The molecular weight excluding hydrogens is 358 g/mol. The average molecular weight is 388 g/mol. The monoisotopic (exact) mass is 387 g/mol. The second kappa shape index (κ2) is 8.87. The van der Waals surface area contributed by atoms with E-state index in [2.05, 4.69) is 36.5 Å². The number of hydrogen-bond acceptors (Lipinski definition) is 1. The minimum absolute atomic E-state index is 0.0426. The van der Waals surface area contributed by atoms with Gasteiger partial charge < -0.3 is 15.1 Å². The third-order valence-corrected chi connectivity index (χ3v) is 5.61. The summed E-state index contributed by atoms with van der Waals surface area (Å²) in [7, 11) is 0. The smallest absolute Gasteiger partial charge is 0.279 e. The molecule has 0 radical (unpaired) electrons. The zero-order chi connectivity index (χ0) is 19.4. The number of anilines is 1. The van der Waals surface area contributed by atoms with Crippen LogP contribution in [0, 0.1) is 20.8 Å². The van der Waals surface area contributed by atoms with Gasteiger partial charge in [-0.05, 0) is 38.0 Å². The first kappa shape index (κ1) is 19.9. The van der Waals surface area contributed by atoms with E-state index in [9.17, 15) is 4.79 Å². The molecule has 0 bridgehead atoms. The van der Waals surface area contributed by atoms with Gasteiger partial charge in [-0.1, -0.05) is 47.5 Å². The molecule has 1 heterocycles. The van der Waals surface area contributed by atoms with Crippen LogP contribution in [0.1, 0.15) is 22.3 Å². The Morgan fingerprint density at radius 1 is 1.00 bits per heavy atom. The molecule has 0 atom stereocenters. The second-order valence-electron chi connectivity index (χ2n) is 7.83. The maximum absolute atomic E-state index is 12.5. The van der Waals surface area contributed by atoms with Crippen LogP contribution in [0.25, 0.3) is 0 Å². The molecular formula is C22H30ClN3O+2. The number of halogens is 1. The summed E-state index contributed by atoms with van der Waals surface area (Å²) in [6.07, 6.45) is 0. The van der Waals surface area contributed by atoms with E-state index in [-0.39, 0.29) is 5.91 Å². The van der Waals surface area contributed by atoms with Crippen LogP contribution >= 0.6 is 11.6 Å². The molecule has 1 aliphatic rings. The maximum Gasteiger partial charge on any atom is 0.279 e. The molecule has 0 saturated carbocycles. The Balaban J connectivity index is 1.48. The van der Waals surface area contributed by atoms with Gasteiger partial charge in [0.15, 0.2) is 6.54 Å². The Kier molecular flexibility index (Phi) is 6.53. The number of carbonyl (C=O) groups excluding carboxylic acids is 1. The SMILES string of the molecule is Cc1cccc(C[NH+]2CC[NH+](CC(=O)Nc3c(C)cc(C)cc3Cl)CC2)c1. The number of carbonyl (C=O) groups is 1. The van der Waals surface area contributed by atoms with Crippen LogP contribution < -0.4 is 15.1 Å². The summed E-state index contributed by atoms with van der Waals surface area (Å²) in [4.78, 5) is 15.4. The number of amides is 1. The normalized spacial score (nSPS) is 19.7. The number of benzene rings is 2. The van der Waals surface area contributed by atoms with E-state index in [4.69, 9.17) is 11.6 Å². The van der Waals surface area contributed by atoms with Crippen molar-refractivity contribution in [3.05, 3.63) is 63.7 Å². The summed E-state index contributed by atoms with van der Waals surface area (Å²) >= 11 is 6.30. The maximum atomic E-state index is 12.5. The molecule has 5 heteroatoms. The molecule has 3 rings (SSSR count). The zero-order valence-electron chi connectivity index (χ0n) is 16.5. The van der Waals surface area contributed by atoms with Gasteiger partial charge in [-0.2, -0.15) is 0 Å². The lowest BCUT2D eigenvalue weighted by atomic mass is 10.1. The Labute approximate surface area is 167 Å². The fourth-order valence-corrected chi connectivity index (χ4v) is 4.27. The van der Waals surface area contributed by atoms with Crippen LogP contribution in [0.5, 0.6) is 0 Å². The van der Waals surface area contributed by atoms with Crippen LogP contribution in [0.3, 0.4) is 0 Å². The Bertz CT molecular complexity index is 790. The summed E-state index contributed by atoms with van der Waals surface area (Å²) in [5.41, 5.74) is 5.58. The highest BCUT2D eigenvalue weighted by Crippen LogP contribution is 2.27.